The van der Waals surface area contributed by atoms with Crippen LogP contribution in [0.25, 0.3) is 0 Å². The number of rotatable bonds is 3. The number of hydrazine groups is 1. The molecule has 0 saturated heterocycles. The number of aromatic nitrogens is 2. The zero-order valence-electron chi connectivity index (χ0n) is 10.6. The summed E-state index contributed by atoms with van der Waals surface area (Å²) in [6.07, 6.45) is 7.77. The first kappa shape index (κ1) is 12.1. The molecule has 0 bridgehead atoms. The number of hydrogen-bond acceptors (Lipinski definition) is 3. The second-order valence-electron chi connectivity index (χ2n) is 4.58. The van der Waals surface area contributed by atoms with Crippen molar-refractivity contribution in [2.45, 2.75) is 45.1 Å². The first-order valence-electron chi connectivity index (χ1n) is 6.32. The van der Waals surface area contributed by atoms with Crippen molar-refractivity contribution < 1.29 is 0 Å². The molecule has 0 aliphatic heterocycles. The van der Waals surface area contributed by atoms with Crippen LogP contribution in [0.1, 0.15) is 43.9 Å². The topological polar surface area (TPSA) is 68.2 Å². The zero-order valence-corrected chi connectivity index (χ0v) is 10.6. The van der Waals surface area contributed by atoms with E-state index in [1.807, 2.05) is 17.9 Å². The van der Waals surface area contributed by atoms with Crippen LogP contribution in [0.2, 0.25) is 0 Å². The number of aryl methyl sites for hydroxylation is 2. The summed E-state index contributed by atoms with van der Waals surface area (Å²) in [6.45, 7) is 2.09. The maximum atomic E-state index is 5.60. The number of amidine groups is 1. The summed E-state index contributed by atoms with van der Waals surface area (Å²) in [4.78, 5) is 4.71. The van der Waals surface area contributed by atoms with Crippen molar-refractivity contribution in [3.63, 3.8) is 0 Å². The molecule has 0 spiro atoms. The highest BCUT2D eigenvalue weighted by Crippen LogP contribution is 2.21. The molecule has 5 heteroatoms. The Morgan fingerprint density at radius 2 is 2.29 bits per heavy atom. The van der Waals surface area contributed by atoms with E-state index in [4.69, 9.17) is 10.8 Å². The van der Waals surface area contributed by atoms with Gasteiger partial charge in [-0.3, -0.25) is 9.67 Å². The molecule has 17 heavy (non-hydrogen) atoms. The highest BCUT2D eigenvalue weighted by molar-refractivity contribution is 5.99. The molecule has 2 rings (SSSR count). The van der Waals surface area contributed by atoms with Crippen molar-refractivity contribution in [1.29, 1.82) is 0 Å². The van der Waals surface area contributed by atoms with Crippen LogP contribution >= 0.6 is 0 Å². The average Bonchev–Trinajstić information content (AvgIpc) is 2.94. The molecule has 1 fully saturated rings. The monoisotopic (exact) mass is 235 g/mol. The zero-order chi connectivity index (χ0) is 12.3. The minimum atomic E-state index is 0.422. The van der Waals surface area contributed by atoms with Crippen LogP contribution in [0.4, 0.5) is 0 Å². The van der Waals surface area contributed by atoms with E-state index in [0.717, 1.165) is 23.5 Å². The van der Waals surface area contributed by atoms with E-state index in [-0.39, 0.29) is 0 Å². The Kier molecular flexibility index (Phi) is 3.78. The third kappa shape index (κ3) is 2.66. The molecule has 1 aliphatic rings. The van der Waals surface area contributed by atoms with Gasteiger partial charge in [-0.25, -0.2) is 5.84 Å². The fourth-order valence-corrected chi connectivity index (χ4v) is 2.39. The van der Waals surface area contributed by atoms with E-state index in [1.54, 1.807) is 0 Å². The molecule has 1 aromatic heterocycles. The number of hydrogen-bond donors (Lipinski definition) is 2. The minimum Gasteiger partial charge on any atom is -0.308 e. The molecule has 1 heterocycles. The molecule has 0 radical (unpaired) electrons. The second kappa shape index (κ2) is 5.31. The smallest absolute Gasteiger partial charge is 0.146 e. The van der Waals surface area contributed by atoms with Crippen LogP contribution < -0.4 is 11.3 Å². The van der Waals surface area contributed by atoms with Gasteiger partial charge in [0.1, 0.15) is 5.84 Å². The molecular weight excluding hydrogens is 214 g/mol. The summed E-state index contributed by atoms with van der Waals surface area (Å²) < 4.78 is 1.82. The Bertz CT molecular complexity index is 401. The van der Waals surface area contributed by atoms with E-state index in [1.165, 1.54) is 25.7 Å². The Morgan fingerprint density at radius 3 is 2.88 bits per heavy atom. The fraction of sp³-hybridized carbons (Fsp3) is 0.667. The quantitative estimate of drug-likeness (QED) is 0.357. The van der Waals surface area contributed by atoms with Crippen molar-refractivity contribution in [2.75, 3.05) is 0 Å². The predicted octanol–water partition coefficient (Wildman–Crippen LogP) is 1.14. The van der Waals surface area contributed by atoms with E-state index in [9.17, 15) is 0 Å². The van der Waals surface area contributed by atoms with Gasteiger partial charge in [-0.05, 0) is 19.3 Å². The van der Waals surface area contributed by atoms with E-state index >= 15 is 0 Å². The summed E-state index contributed by atoms with van der Waals surface area (Å²) in [5.41, 5.74) is 4.81. The number of nitrogens with two attached hydrogens (primary N) is 1. The standard InChI is InChI=1S/C12H21N5/c1-3-11-10(8-17(2)16-11)12(15-13)14-9-6-4-5-7-9/h8-9H,3-7,13H2,1-2H3,(H,14,15). The van der Waals surface area contributed by atoms with Crippen molar-refractivity contribution in [2.24, 2.45) is 17.9 Å². The van der Waals surface area contributed by atoms with Gasteiger partial charge in [-0.1, -0.05) is 19.8 Å². The lowest BCUT2D eigenvalue weighted by Gasteiger charge is -2.08. The lowest BCUT2D eigenvalue weighted by atomic mass is 10.2. The SMILES string of the molecule is CCc1nn(C)cc1C(=NC1CCCC1)NN. The molecule has 94 valence electrons. The van der Waals surface area contributed by atoms with Gasteiger partial charge < -0.3 is 5.43 Å². The van der Waals surface area contributed by atoms with E-state index in [0.29, 0.717) is 6.04 Å². The summed E-state index contributed by atoms with van der Waals surface area (Å²) >= 11 is 0. The molecule has 1 aliphatic carbocycles. The van der Waals surface area contributed by atoms with Gasteiger partial charge in [0.05, 0.1) is 17.3 Å². The Morgan fingerprint density at radius 1 is 1.59 bits per heavy atom. The van der Waals surface area contributed by atoms with Gasteiger partial charge in [-0.15, -0.1) is 0 Å². The van der Waals surface area contributed by atoms with Gasteiger partial charge in [0.25, 0.3) is 0 Å². The van der Waals surface area contributed by atoms with Crippen LogP contribution in [0.3, 0.4) is 0 Å². The van der Waals surface area contributed by atoms with Gasteiger partial charge in [-0.2, -0.15) is 5.10 Å². The van der Waals surface area contributed by atoms with Crippen LogP contribution in [-0.4, -0.2) is 21.7 Å². The van der Waals surface area contributed by atoms with Gasteiger partial charge in [0.15, 0.2) is 0 Å². The maximum absolute atomic E-state index is 5.60. The predicted molar refractivity (Wildman–Crippen MR) is 68.7 cm³/mol. The molecule has 1 aromatic rings. The normalized spacial score (nSPS) is 17.7. The van der Waals surface area contributed by atoms with Crippen molar-refractivity contribution in [1.82, 2.24) is 15.2 Å². The van der Waals surface area contributed by atoms with Crippen LogP contribution in [0.15, 0.2) is 11.2 Å². The first-order valence-corrected chi connectivity index (χ1v) is 6.32. The molecule has 3 N–H and O–H groups in total. The van der Waals surface area contributed by atoms with Crippen LogP contribution in [-0.2, 0) is 13.5 Å². The molecular formula is C12H21N5. The highest BCUT2D eigenvalue weighted by atomic mass is 15.3. The fourth-order valence-electron chi connectivity index (χ4n) is 2.39. The van der Waals surface area contributed by atoms with Gasteiger partial charge >= 0.3 is 0 Å². The Labute approximate surface area is 102 Å². The summed E-state index contributed by atoms with van der Waals surface area (Å²) in [7, 11) is 1.92. The molecule has 0 aromatic carbocycles. The lowest BCUT2D eigenvalue weighted by molar-refractivity contribution is 0.700. The Hall–Kier alpha value is -1.36. The van der Waals surface area contributed by atoms with Crippen LogP contribution in [0.5, 0.6) is 0 Å². The third-order valence-electron chi connectivity index (χ3n) is 3.27. The maximum Gasteiger partial charge on any atom is 0.146 e. The Balaban J connectivity index is 2.26. The van der Waals surface area contributed by atoms with Crippen LogP contribution in [0, 0.1) is 0 Å². The average molecular weight is 235 g/mol. The van der Waals surface area contributed by atoms with Crippen molar-refractivity contribution >= 4 is 5.84 Å². The van der Waals surface area contributed by atoms with Gasteiger partial charge in [0.2, 0.25) is 0 Å². The summed E-state index contributed by atoms with van der Waals surface area (Å²) in [6, 6.07) is 0.422. The largest absolute Gasteiger partial charge is 0.308 e. The molecule has 1 saturated carbocycles. The first-order chi connectivity index (χ1) is 8.24. The second-order valence-corrected chi connectivity index (χ2v) is 4.58. The third-order valence-corrected chi connectivity index (χ3v) is 3.27. The summed E-state index contributed by atoms with van der Waals surface area (Å²) in [5.74, 6) is 6.38. The number of nitrogens with zero attached hydrogens (tertiary/aromatic N) is 3. The molecule has 0 unspecified atom stereocenters. The number of nitrogens with one attached hydrogen (secondary N) is 1. The molecule has 5 nitrogen and oxygen atoms in total. The summed E-state index contributed by atoms with van der Waals surface area (Å²) in [5, 5.41) is 4.41. The van der Waals surface area contributed by atoms with E-state index < -0.39 is 0 Å². The number of aliphatic imine (C=N–C) groups is 1. The van der Waals surface area contributed by atoms with E-state index in [2.05, 4.69) is 17.4 Å². The lowest BCUT2D eigenvalue weighted by Crippen LogP contribution is -2.32. The van der Waals surface area contributed by atoms with Crippen molar-refractivity contribution in [3.05, 3.63) is 17.5 Å². The van der Waals surface area contributed by atoms with Gasteiger partial charge in [0, 0.05) is 13.2 Å². The molecule has 0 atom stereocenters. The highest BCUT2D eigenvalue weighted by Gasteiger charge is 2.17. The van der Waals surface area contributed by atoms with Crippen molar-refractivity contribution in [3.8, 4) is 0 Å². The molecule has 0 amide bonds. The minimum absolute atomic E-state index is 0.422.